The summed E-state index contributed by atoms with van der Waals surface area (Å²) in [5.74, 6) is 0.742. The van der Waals surface area contributed by atoms with Gasteiger partial charge in [-0.1, -0.05) is 48.5 Å². The number of hydrogen-bond acceptors (Lipinski definition) is 6. The molecule has 0 radical (unpaired) electrons. The lowest BCUT2D eigenvalue weighted by Crippen LogP contribution is -2.32. The number of likely N-dealkylation sites (N-methyl/N-ethyl adjacent to an activating group) is 1. The molecule has 2 aromatic heterocycles. The fourth-order valence-corrected chi connectivity index (χ4v) is 5.73. The lowest BCUT2D eigenvalue weighted by Gasteiger charge is -2.21. The number of H-pyrrole nitrogens is 1. The first kappa shape index (κ1) is 31.3. The minimum atomic E-state index is -0.181. The average molecular weight is 606 g/mol. The Kier molecular flexibility index (Phi) is 9.47. The summed E-state index contributed by atoms with van der Waals surface area (Å²) in [5, 5.41) is 11.7. The molecule has 9 nitrogen and oxygen atoms in total. The molecule has 0 fully saturated rings. The predicted molar refractivity (Wildman–Crippen MR) is 178 cm³/mol. The number of nitrogens with one attached hydrogen (secondary N) is 3. The van der Waals surface area contributed by atoms with Gasteiger partial charge < -0.3 is 25.0 Å². The summed E-state index contributed by atoms with van der Waals surface area (Å²) in [6.45, 7) is 8.32. The van der Waals surface area contributed by atoms with Crippen LogP contribution in [0.1, 0.15) is 53.8 Å². The van der Waals surface area contributed by atoms with Crippen LogP contribution in [0.15, 0.2) is 82.2 Å². The number of fused-ring (bicyclic) bond motifs is 1. The number of benzene rings is 3. The molecular formula is C36H39N5O4. The normalized spacial score (nSPS) is 11.8. The second-order valence-corrected chi connectivity index (χ2v) is 11.6. The van der Waals surface area contributed by atoms with E-state index in [9.17, 15) is 14.4 Å². The van der Waals surface area contributed by atoms with Crippen LogP contribution in [-0.2, 0) is 16.1 Å². The number of hydrogen-bond donors (Lipinski definition) is 3. The van der Waals surface area contributed by atoms with Gasteiger partial charge in [0.05, 0.1) is 12.2 Å². The number of aromatic amines is 1. The molecule has 5 aromatic rings. The molecule has 0 unspecified atom stereocenters. The van der Waals surface area contributed by atoms with Crippen LogP contribution in [0.4, 0.5) is 11.4 Å². The van der Waals surface area contributed by atoms with Gasteiger partial charge in [0.15, 0.2) is 0 Å². The van der Waals surface area contributed by atoms with Crippen LogP contribution in [0.5, 0.6) is 0 Å². The highest BCUT2D eigenvalue weighted by molar-refractivity contribution is 5.91. The number of aromatic nitrogens is 2. The summed E-state index contributed by atoms with van der Waals surface area (Å²) in [5.41, 5.74) is 7.00. The Morgan fingerprint density at radius 3 is 2.53 bits per heavy atom. The Morgan fingerprint density at radius 1 is 1.00 bits per heavy atom. The van der Waals surface area contributed by atoms with Crippen molar-refractivity contribution in [3.8, 4) is 11.1 Å². The zero-order chi connectivity index (χ0) is 32.1. The fourth-order valence-electron chi connectivity index (χ4n) is 5.73. The van der Waals surface area contributed by atoms with E-state index in [1.807, 2.05) is 62.4 Å². The third-order valence-corrected chi connectivity index (χ3v) is 8.27. The van der Waals surface area contributed by atoms with Gasteiger partial charge in [0, 0.05) is 48.5 Å². The molecule has 0 aliphatic heterocycles. The highest BCUT2D eigenvalue weighted by Crippen LogP contribution is 2.33. The summed E-state index contributed by atoms with van der Waals surface area (Å²) < 4.78 is 5.44. The average Bonchev–Trinajstić information content (AvgIpc) is 3.36. The highest BCUT2D eigenvalue weighted by atomic mass is 16.5. The predicted octanol–water partition coefficient (Wildman–Crippen LogP) is 6.70. The van der Waals surface area contributed by atoms with E-state index in [2.05, 4.69) is 46.8 Å². The fraction of sp³-hybridized carbons (Fsp3) is 0.278. The topological polar surface area (TPSA) is 120 Å². The first-order valence-corrected chi connectivity index (χ1v) is 15.1. The summed E-state index contributed by atoms with van der Waals surface area (Å²) in [4.78, 5) is 42.7. The number of aryl methyl sites for hydroxylation is 3. The quantitative estimate of drug-likeness (QED) is 0.154. The number of nitrogens with zero attached hydrogens (tertiary/aromatic N) is 2. The molecular weight excluding hydrogens is 566 g/mol. The van der Waals surface area contributed by atoms with Gasteiger partial charge in [-0.2, -0.15) is 0 Å². The van der Waals surface area contributed by atoms with Gasteiger partial charge in [-0.3, -0.25) is 14.4 Å². The molecule has 0 saturated carbocycles. The molecule has 232 valence electrons. The van der Waals surface area contributed by atoms with E-state index in [1.54, 1.807) is 24.2 Å². The van der Waals surface area contributed by atoms with E-state index >= 15 is 0 Å². The molecule has 0 aliphatic rings. The smallest absolute Gasteiger partial charge is 0.255 e. The van der Waals surface area contributed by atoms with Gasteiger partial charge in [-0.25, -0.2) is 0 Å². The van der Waals surface area contributed by atoms with Crippen LogP contribution in [0.2, 0.25) is 0 Å². The van der Waals surface area contributed by atoms with Crippen molar-refractivity contribution in [2.45, 2.75) is 53.0 Å². The molecule has 9 heteroatoms. The molecule has 0 bridgehead atoms. The molecule has 0 aliphatic carbocycles. The molecule has 3 N–H and O–H groups in total. The first-order valence-electron chi connectivity index (χ1n) is 15.1. The van der Waals surface area contributed by atoms with E-state index in [0.29, 0.717) is 35.5 Å². The minimum Gasteiger partial charge on any atom is -0.376 e. The zero-order valence-electron chi connectivity index (χ0n) is 26.4. The van der Waals surface area contributed by atoms with Gasteiger partial charge in [0.2, 0.25) is 11.8 Å². The van der Waals surface area contributed by atoms with Crippen LogP contribution >= 0.6 is 0 Å². The SMILES string of the molecule is Cc1ccccc1[C@@H](C)CCC(=O)Nc1ccc(-c2c(C)noc2C)c(CN(C)C(=O)CNc2ccc3cc[nH]c(=O)c3c2)c1. The number of anilines is 2. The third-order valence-electron chi connectivity index (χ3n) is 8.27. The Bertz CT molecular complexity index is 1890. The van der Waals surface area contributed by atoms with Gasteiger partial charge in [-0.05, 0) is 91.1 Å². The van der Waals surface area contributed by atoms with Crippen LogP contribution in [0, 0.1) is 20.8 Å². The molecule has 5 rings (SSSR count). The van der Waals surface area contributed by atoms with Gasteiger partial charge in [-0.15, -0.1) is 0 Å². The Morgan fingerprint density at radius 2 is 1.78 bits per heavy atom. The van der Waals surface area contributed by atoms with Crippen LogP contribution in [0.3, 0.4) is 0 Å². The Labute approximate surface area is 262 Å². The molecule has 45 heavy (non-hydrogen) atoms. The molecule has 2 amide bonds. The van der Waals surface area contributed by atoms with Crippen molar-refractivity contribution in [2.24, 2.45) is 0 Å². The number of pyridine rings is 1. The number of amides is 2. The van der Waals surface area contributed by atoms with Crippen LogP contribution in [0.25, 0.3) is 21.9 Å². The molecule has 0 spiro atoms. The van der Waals surface area contributed by atoms with Crippen molar-refractivity contribution in [3.63, 3.8) is 0 Å². The van der Waals surface area contributed by atoms with E-state index in [0.717, 1.165) is 34.2 Å². The maximum absolute atomic E-state index is 13.2. The third kappa shape index (κ3) is 7.32. The van der Waals surface area contributed by atoms with Crippen molar-refractivity contribution >= 4 is 34.0 Å². The number of rotatable bonds is 11. The standard InChI is InChI=1S/C36H39N5O4/c1-22-8-6-7-9-30(22)23(2)10-15-33(42)39-29-13-14-31(35-24(3)40-45-25(35)4)27(18-29)21-41(5)34(43)20-38-28-12-11-26-16-17-37-36(44)32(26)19-28/h6-9,11-14,16-19,23,38H,10,15,20-21H2,1-5H3,(H,37,44)(H,39,42)/t23-/m0/s1. The van der Waals surface area contributed by atoms with Crippen LogP contribution < -0.4 is 16.2 Å². The summed E-state index contributed by atoms with van der Waals surface area (Å²) in [6, 6.07) is 21.3. The number of carbonyl (C=O) groups is 2. The van der Waals surface area contributed by atoms with Gasteiger partial charge in [0.25, 0.3) is 5.56 Å². The van der Waals surface area contributed by atoms with Crippen molar-refractivity contribution in [1.82, 2.24) is 15.0 Å². The minimum absolute atomic E-state index is 0.0445. The number of carbonyl (C=O) groups excluding carboxylic acids is 2. The summed E-state index contributed by atoms with van der Waals surface area (Å²) in [6.07, 6.45) is 2.73. The van der Waals surface area contributed by atoms with Crippen molar-refractivity contribution in [3.05, 3.63) is 111 Å². The summed E-state index contributed by atoms with van der Waals surface area (Å²) >= 11 is 0. The molecule has 0 saturated heterocycles. The first-order chi connectivity index (χ1) is 21.6. The van der Waals surface area contributed by atoms with Crippen molar-refractivity contribution in [2.75, 3.05) is 24.2 Å². The maximum atomic E-state index is 13.2. The van der Waals surface area contributed by atoms with Gasteiger partial charge in [0.1, 0.15) is 5.76 Å². The second kappa shape index (κ2) is 13.6. The van der Waals surface area contributed by atoms with E-state index in [4.69, 9.17) is 4.52 Å². The lowest BCUT2D eigenvalue weighted by molar-refractivity contribution is -0.128. The molecule has 2 heterocycles. The van der Waals surface area contributed by atoms with E-state index in [1.165, 1.54) is 11.1 Å². The molecule has 3 aromatic carbocycles. The summed E-state index contributed by atoms with van der Waals surface area (Å²) in [7, 11) is 1.74. The maximum Gasteiger partial charge on any atom is 0.255 e. The largest absolute Gasteiger partial charge is 0.376 e. The monoisotopic (exact) mass is 605 g/mol. The van der Waals surface area contributed by atoms with Crippen molar-refractivity contribution < 1.29 is 14.1 Å². The lowest BCUT2D eigenvalue weighted by atomic mass is 9.92. The van der Waals surface area contributed by atoms with Crippen LogP contribution in [-0.4, -0.2) is 40.4 Å². The van der Waals surface area contributed by atoms with E-state index < -0.39 is 0 Å². The highest BCUT2D eigenvalue weighted by Gasteiger charge is 2.19. The van der Waals surface area contributed by atoms with E-state index in [-0.39, 0.29) is 29.8 Å². The Balaban J connectivity index is 1.29. The molecule has 1 atom stereocenters. The van der Waals surface area contributed by atoms with Gasteiger partial charge >= 0.3 is 0 Å². The Hall–Kier alpha value is -5.18. The van der Waals surface area contributed by atoms with Crippen molar-refractivity contribution in [1.29, 1.82) is 0 Å². The second-order valence-electron chi connectivity index (χ2n) is 11.6. The zero-order valence-corrected chi connectivity index (χ0v) is 26.4.